The topological polar surface area (TPSA) is 50.7 Å². The summed E-state index contributed by atoms with van der Waals surface area (Å²) in [6.45, 7) is 2.53. The molecule has 78 valence electrons. The third-order valence-electron chi connectivity index (χ3n) is 1.73. The zero-order valence-corrected chi connectivity index (χ0v) is 9.64. The van der Waals surface area contributed by atoms with E-state index >= 15 is 0 Å². The molecule has 2 heterocycles. The number of hydrogen-bond donors (Lipinski definition) is 1. The van der Waals surface area contributed by atoms with Gasteiger partial charge in [-0.2, -0.15) is 0 Å². The maximum atomic E-state index is 5.74. The van der Waals surface area contributed by atoms with Crippen LogP contribution in [0.1, 0.15) is 10.7 Å². The van der Waals surface area contributed by atoms with E-state index in [1.54, 1.807) is 17.5 Å². The van der Waals surface area contributed by atoms with Gasteiger partial charge in [0, 0.05) is 23.3 Å². The Bertz CT molecular complexity index is 423. The van der Waals surface area contributed by atoms with Crippen molar-refractivity contribution in [2.45, 2.75) is 13.5 Å². The Morgan fingerprint density at radius 3 is 3.00 bits per heavy atom. The van der Waals surface area contributed by atoms with Crippen LogP contribution in [-0.4, -0.2) is 15.0 Å². The van der Waals surface area contributed by atoms with Gasteiger partial charge in [-0.15, -0.1) is 11.3 Å². The lowest BCUT2D eigenvalue weighted by Crippen LogP contribution is -2.02. The highest BCUT2D eigenvalue weighted by molar-refractivity contribution is 7.09. The highest BCUT2D eigenvalue weighted by atomic mass is 35.5. The van der Waals surface area contributed by atoms with Crippen LogP contribution in [0.4, 0.5) is 5.82 Å². The van der Waals surface area contributed by atoms with Crippen molar-refractivity contribution in [2.75, 3.05) is 5.32 Å². The van der Waals surface area contributed by atoms with E-state index in [1.165, 1.54) is 0 Å². The van der Waals surface area contributed by atoms with Crippen molar-refractivity contribution in [3.05, 3.63) is 33.6 Å². The summed E-state index contributed by atoms with van der Waals surface area (Å²) >= 11 is 7.34. The van der Waals surface area contributed by atoms with Crippen LogP contribution in [0.5, 0.6) is 0 Å². The lowest BCUT2D eigenvalue weighted by atomic mass is 10.4. The van der Waals surface area contributed by atoms with Gasteiger partial charge in [-0.25, -0.2) is 15.0 Å². The Balaban J connectivity index is 2.05. The van der Waals surface area contributed by atoms with E-state index < -0.39 is 0 Å². The van der Waals surface area contributed by atoms with Gasteiger partial charge >= 0.3 is 0 Å². The number of nitrogens with zero attached hydrogens (tertiary/aromatic N) is 3. The molecule has 0 saturated carbocycles. The fraction of sp³-hybridized carbons (Fsp3) is 0.222. The first-order valence-corrected chi connectivity index (χ1v) is 5.63. The number of aryl methyl sites for hydroxylation is 1. The zero-order valence-electron chi connectivity index (χ0n) is 8.07. The molecule has 0 aliphatic rings. The van der Waals surface area contributed by atoms with Crippen molar-refractivity contribution < 1.29 is 0 Å². The van der Waals surface area contributed by atoms with Crippen LogP contribution >= 0.6 is 22.9 Å². The van der Waals surface area contributed by atoms with Crippen LogP contribution in [0.3, 0.4) is 0 Å². The molecule has 2 rings (SSSR count). The van der Waals surface area contributed by atoms with Gasteiger partial charge in [0.15, 0.2) is 0 Å². The molecule has 2 aromatic rings. The van der Waals surface area contributed by atoms with Crippen molar-refractivity contribution in [1.29, 1.82) is 0 Å². The molecule has 15 heavy (non-hydrogen) atoms. The molecule has 0 radical (unpaired) electrons. The number of anilines is 1. The molecule has 2 aromatic heterocycles. The van der Waals surface area contributed by atoms with E-state index in [2.05, 4.69) is 20.3 Å². The maximum absolute atomic E-state index is 5.74. The molecule has 4 nitrogen and oxygen atoms in total. The molecule has 0 spiro atoms. The number of hydrogen-bond acceptors (Lipinski definition) is 5. The molecule has 0 saturated heterocycles. The first-order chi connectivity index (χ1) is 7.24. The Kier molecular flexibility index (Phi) is 3.13. The molecule has 0 bridgehead atoms. The van der Waals surface area contributed by atoms with E-state index in [9.17, 15) is 0 Å². The quantitative estimate of drug-likeness (QED) is 0.838. The van der Waals surface area contributed by atoms with E-state index in [4.69, 9.17) is 11.6 Å². The van der Waals surface area contributed by atoms with Crippen LogP contribution in [0.2, 0.25) is 5.28 Å². The van der Waals surface area contributed by atoms with Gasteiger partial charge in [0.25, 0.3) is 0 Å². The van der Waals surface area contributed by atoms with Crippen LogP contribution in [0, 0.1) is 6.92 Å². The summed E-state index contributed by atoms with van der Waals surface area (Å²) in [5.41, 5.74) is 0.844. The number of halogens is 1. The Hall–Kier alpha value is -1.20. The predicted molar refractivity (Wildman–Crippen MR) is 61.2 cm³/mol. The molecule has 0 unspecified atom stereocenters. The normalized spacial score (nSPS) is 10.3. The minimum absolute atomic E-state index is 0.261. The highest BCUT2D eigenvalue weighted by Crippen LogP contribution is 2.12. The largest absolute Gasteiger partial charge is 0.363 e. The summed E-state index contributed by atoms with van der Waals surface area (Å²) in [7, 11) is 0. The summed E-state index contributed by atoms with van der Waals surface area (Å²) in [6.07, 6.45) is 1.78. The Morgan fingerprint density at radius 1 is 1.47 bits per heavy atom. The summed E-state index contributed by atoms with van der Waals surface area (Å²) in [6, 6.07) is 1.85. The summed E-state index contributed by atoms with van der Waals surface area (Å²) in [4.78, 5) is 12.2. The molecular weight excluding hydrogens is 232 g/mol. The fourth-order valence-electron chi connectivity index (χ4n) is 1.13. The van der Waals surface area contributed by atoms with Gasteiger partial charge in [-0.3, -0.25) is 0 Å². The molecule has 6 heteroatoms. The first-order valence-electron chi connectivity index (χ1n) is 4.37. The molecule has 0 amide bonds. The maximum Gasteiger partial charge on any atom is 0.224 e. The minimum Gasteiger partial charge on any atom is -0.363 e. The number of rotatable bonds is 3. The van der Waals surface area contributed by atoms with Crippen molar-refractivity contribution in [1.82, 2.24) is 15.0 Å². The van der Waals surface area contributed by atoms with Gasteiger partial charge in [0.2, 0.25) is 5.28 Å². The van der Waals surface area contributed by atoms with E-state index in [0.717, 1.165) is 16.5 Å². The van der Waals surface area contributed by atoms with Gasteiger partial charge in [0.1, 0.15) is 10.8 Å². The Labute approximate surface area is 96.4 Å². The molecule has 0 aromatic carbocycles. The van der Waals surface area contributed by atoms with E-state index in [1.807, 2.05) is 18.4 Å². The monoisotopic (exact) mass is 240 g/mol. The second kappa shape index (κ2) is 4.55. The lowest BCUT2D eigenvalue weighted by Gasteiger charge is -2.04. The lowest BCUT2D eigenvalue weighted by molar-refractivity contribution is 1.04. The molecule has 0 aliphatic heterocycles. The second-order valence-electron chi connectivity index (χ2n) is 2.94. The minimum atomic E-state index is 0.261. The van der Waals surface area contributed by atoms with Gasteiger partial charge in [0.05, 0.1) is 6.54 Å². The summed E-state index contributed by atoms with van der Waals surface area (Å²) in [5, 5.41) is 6.36. The van der Waals surface area contributed by atoms with Crippen molar-refractivity contribution >= 4 is 28.8 Å². The van der Waals surface area contributed by atoms with Crippen LogP contribution in [0.25, 0.3) is 0 Å². The van der Waals surface area contributed by atoms with Crippen LogP contribution in [-0.2, 0) is 6.54 Å². The number of thiazole rings is 1. The fourth-order valence-corrected chi connectivity index (χ4v) is 1.91. The average Bonchev–Trinajstić information content (AvgIpc) is 2.65. The number of aromatic nitrogens is 3. The van der Waals surface area contributed by atoms with Crippen molar-refractivity contribution in [2.24, 2.45) is 0 Å². The molecular formula is C9H9ClN4S. The van der Waals surface area contributed by atoms with Crippen molar-refractivity contribution in [3.8, 4) is 0 Å². The SMILES string of the molecule is Cc1cc(NCc2nccs2)nc(Cl)n1. The van der Waals surface area contributed by atoms with E-state index in [0.29, 0.717) is 6.54 Å². The third kappa shape index (κ3) is 2.87. The highest BCUT2D eigenvalue weighted by Gasteiger charge is 2.00. The average molecular weight is 241 g/mol. The number of nitrogens with one attached hydrogen (secondary N) is 1. The summed E-state index contributed by atoms with van der Waals surface area (Å²) in [5.74, 6) is 0.725. The predicted octanol–water partition coefficient (Wildman–Crippen LogP) is 2.51. The van der Waals surface area contributed by atoms with Crippen LogP contribution in [0.15, 0.2) is 17.6 Å². The molecule has 0 fully saturated rings. The van der Waals surface area contributed by atoms with E-state index in [-0.39, 0.29) is 5.28 Å². The van der Waals surface area contributed by atoms with Gasteiger partial charge < -0.3 is 5.32 Å². The van der Waals surface area contributed by atoms with Gasteiger partial charge in [-0.1, -0.05) is 0 Å². The second-order valence-corrected chi connectivity index (χ2v) is 4.26. The molecule has 0 atom stereocenters. The first kappa shape index (κ1) is 10.3. The summed E-state index contributed by atoms with van der Waals surface area (Å²) < 4.78 is 0. The smallest absolute Gasteiger partial charge is 0.224 e. The molecule has 1 N–H and O–H groups in total. The zero-order chi connectivity index (χ0) is 10.7. The molecule has 0 aliphatic carbocycles. The standard InChI is InChI=1S/C9H9ClN4S/c1-6-4-7(14-9(10)13-6)12-5-8-11-2-3-15-8/h2-4H,5H2,1H3,(H,12,13,14). The van der Waals surface area contributed by atoms with Gasteiger partial charge in [-0.05, 0) is 18.5 Å². The Morgan fingerprint density at radius 2 is 2.33 bits per heavy atom. The van der Waals surface area contributed by atoms with Crippen LogP contribution < -0.4 is 5.32 Å². The third-order valence-corrected chi connectivity index (χ3v) is 2.68. The van der Waals surface area contributed by atoms with Crippen molar-refractivity contribution in [3.63, 3.8) is 0 Å².